The number of nitrogens with one attached hydrogen (secondary N) is 1. The summed E-state index contributed by atoms with van der Waals surface area (Å²) >= 11 is 0. The Morgan fingerprint density at radius 3 is 2.25 bits per heavy atom. The van der Waals surface area contributed by atoms with E-state index < -0.39 is 0 Å². The maximum atomic E-state index is 12.4. The Kier molecular flexibility index (Phi) is 8.89. The van der Waals surface area contributed by atoms with Crippen LogP contribution in [0.3, 0.4) is 0 Å². The molecule has 6 nitrogen and oxygen atoms in total. The van der Waals surface area contributed by atoms with E-state index in [1.165, 1.54) is 11.6 Å². The smallest absolute Gasteiger partial charge is 0.258 e. The van der Waals surface area contributed by atoms with Crippen LogP contribution in [-0.2, 0) is 11.3 Å². The molecule has 3 aromatic carbocycles. The van der Waals surface area contributed by atoms with Gasteiger partial charge < -0.3 is 14.8 Å². The third-order valence-electron chi connectivity index (χ3n) is 6.25. The van der Waals surface area contributed by atoms with Gasteiger partial charge in [-0.2, -0.15) is 0 Å². The van der Waals surface area contributed by atoms with Crippen LogP contribution >= 0.6 is 0 Å². The predicted octanol–water partition coefficient (Wildman–Crippen LogP) is 4.75. The van der Waals surface area contributed by atoms with Crippen molar-refractivity contribution in [1.29, 1.82) is 0 Å². The number of ketones is 1. The normalized spacial score (nSPS) is 14.5. The number of likely N-dealkylation sites (tertiary alicyclic amines) is 1. The summed E-state index contributed by atoms with van der Waals surface area (Å²) in [7, 11) is 1.62. The summed E-state index contributed by atoms with van der Waals surface area (Å²) in [5.74, 6) is 1.10. The summed E-state index contributed by atoms with van der Waals surface area (Å²) in [6.07, 6.45) is 5.16. The maximum Gasteiger partial charge on any atom is 0.258 e. The Bertz CT molecular complexity index is 1150. The molecule has 0 bridgehead atoms. The highest BCUT2D eigenvalue weighted by atomic mass is 16.5. The van der Waals surface area contributed by atoms with Gasteiger partial charge in [0.05, 0.1) is 7.11 Å². The van der Waals surface area contributed by atoms with Crippen LogP contribution < -0.4 is 14.8 Å². The molecule has 1 heterocycles. The quantitative estimate of drug-likeness (QED) is 0.332. The summed E-state index contributed by atoms with van der Waals surface area (Å²) in [5, 5.41) is 3.08. The molecule has 1 N–H and O–H groups in total. The molecule has 1 saturated heterocycles. The lowest BCUT2D eigenvalue weighted by Gasteiger charge is -2.32. The van der Waals surface area contributed by atoms with Crippen LogP contribution in [0.5, 0.6) is 11.5 Å². The molecule has 0 radical (unpaired) electrons. The Morgan fingerprint density at radius 2 is 1.58 bits per heavy atom. The van der Waals surface area contributed by atoms with Crippen molar-refractivity contribution in [3.8, 4) is 11.5 Å². The van der Waals surface area contributed by atoms with Crippen molar-refractivity contribution in [2.24, 2.45) is 0 Å². The van der Waals surface area contributed by atoms with Crippen molar-refractivity contribution in [1.82, 2.24) is 10.2 Å². The standard InChI is InChI=1S/C30H32N2O4/c1-35-27-12-7-23(8-13-27)9-16-29(33)25-10-14-28(15-11-25)36-22-30(34)31-26-17-19-32(20-18-26)21-24-5-3-2-4-6-24/h2-16,26H,17-22H2,1H3,(H,31,34)/b16-9+. The number of benzene rings is 3. The largest absolute Gasteiger partial charge is 0.497 e. The van der Waals surface area contributed by atoms with Gasteiger partial charge in [0.25, 0.3) is 5.91 Å². The van der Waals surface area contributed by atoms with Crippen molar-refractivity contribution < 1.29 is 19.1 Å². The van der Waals surface area contributed by atoms with E-state index in [-0.39, 0.29) is 24.3 Å². The summed E-state index contributed by atoms with van der Waals surface area (Å²) in [5.41, 5.74) is 2.78. The summed E-state index contributed by atoms with van der Waals surface area (Å²) < 4.78 is 10.8. The zero-order valence-electron chi connectivity index (χ0n) is 20.6. The van der Waals surface area contributed by atoms with Gasteiger partial charge in [-0.15, -0.1) is 0 Å². The third kappa shape index (κ3) is 7.55. The minimum atomic E-state index is -0.126. The van der Waals surface area contributed by atoms with Crippen molar-refractivity contribution in [2.45, 2.75) is 25.4 Å². The van der Waals surface area contributed by atoms with Gasteiger partial charge in [-0.3, -0.25) is 14.5 Å². The van der Waals surface area contributed by atoms with Gasteiger partial charge in [-0.05, 0) is 66.4 Å². The molecule has 0 atom stereocenters. The first kappa shape index (κ1) is 25.2. The SMILES string of the molecule is COc1ccc(/C=C/C(=O)c2ccc(OCC(=O)NC3CCN(Cc4ccccc4)CC3)cc2)cc1. The van der Waals surface area contributed by atoms with Gasteiger partial charge in [-0.1, -0.05) is 48.5 Å². The van der Waals surface area contributed by atoms with E-state index in [1.807, 2.05) is 30.3 Å². The lowest BCUT2D eigenvalue weighted by atomic mass is 10.0. The monoisotopic (exact) mass is 484 g/mol. The summed E-state index contributed by atoms with van der Waals surface area (Å²) in [6, 6.07) is 24.9. The second kappa shape index (κ2) is 12.7. The van der Waals surface area contributed by atoms with Gasteiger partial charge >= 0.3 is 0 Å². The average molecular weight is 485 g/mol. The minimum Gasteiger partial charge on any atom is -0.497 e. The number of nitrogens with zero attached hydrogens (tertiary/aromatic N) is 1. The van der Waals surface area contributed by atoms with Gasteiger partial charge in [0.2, 0.25) is 0 Å². The summed E-state index contributed by atoms with van der Waals surface area (Å²) in [4.78, 5) is 27.2. The summed E-state index contributed by atoms with van der Waals surface area (Å²) in [6.45, 7) is 2.82. The van der Waals surface area contributed by atoms with E-state index in [0.717, 1.165) is 43.8 Å². The van der Waals surface area contributed by atoms with Crippen LogP contribution in [0.1, 0.15) is 34.3 Å². The fraction of sp³-hybridized carbons (Fsp3) is 0.267. The predicted molar refractivity (Wildman–Crippen MR) is 141 cm³/mol. The van der Waals surface area contributed by atoms with Crippen LogP contribution in [-0.4, -0.2) is 49.4 Å². The molecule has 36 heavy (non-hydrogen) atoms. The minimum absolute atomic E-state index is 0.0467. The molecule has 0 saturated carbocycles. The number of hydrogen-bond donors (Lipinski definition) is 1. The van der Waals surface area contributed by atoms with E-state index in [2.05, 4.69) is 34.5 Å². The van der Waals surface area contributed by atoms with Crippen molar-refractivity contribution in [2.75, 3.05) is 26.8 Å². The van der Waals surface area contributed by atoms with Crippen molar-refractivity contribution >= 4 is 17.8 Å². The van der Waals surface area contributed by atoms with E-state index in [4.69, 9.17) is 9.47 Å². The van der Waals surface area contributed by atoms with Gasteiger partial charge in [0.1, 0.15) is 11.5 Å². The van der Waals surface area contributed by atoms with Crippen molar-refractivity contribution in [3.63, 3.8) is 0 Å². The number of piperidine rings is 1. The molecule has 4 rings (SSSR count). The Hall–Kier alpha value is -3.90. The number of carbonyl (C=O) groups excluding carboxylic acids is 2. The first-order valence-corrected chi connectivity index (χ1v) is 12.2. The van der Waals surface area contributed by atoms with E-state index in [0.29, 0.717) is 11.3 Å². The molecule has 0 unspecified atom stereocenters. The maximum absolute atomic E-state index is 12.4. The molecule has 186 valence electrons. The number of amides is 1. The number of methoxy groups -OCH3 is 1. The highest BCUT2D eigenvalue weighted by Crippen LogP contribution is 2.16. The zero-order valence-corrected chi connectivity index (χ0v) is 20.6. The highest BCUT2D eigenvalue weighted by Gasteiger charge is 2.20. The average Bonchev–Trinajstić information content (AvgIpc) is 2.93. The van der Waals surface area contributed by atoms with Crippen molar-refractivity contribution in [3.05, 3.63) is 102 Å². The molecule has 1 fully saturated rings. The van der Waals surface area contributed by atoms with Crippen LogP contribution in [0.4, 0.5) is 0 Å². The van der Waals surface area contributed by atoms with Gasteiger partial charge in [-0.25, -0.2) is 0 Å². The molecule has 1 aliphatic heterocycles. The fourth-order valence-corrected chi connectivity index (χ4v) is 4.19. The molecule has 0 aromatic heterocycles. The second-order valence-corrected chi connectivity index (χ2v) is 8.89. The Balaban J connectivity index is 1.17. The van der Waals surface area contributed by atoms with Gasteiger partial charge in [0.15, 0.2) is 12.4 Å². The molecular weight excluding hydrogens is 452 g/mol. The number of hydrogen-bond acceptors (Lipinski definition) is 5. The number of carbonyl (C=O) groups is 2. The molecule has 3 aromatic rings. The van der Waals surface area contributed by atoms with Crippen LogP contribution in [0, 0.1) is 0 Å². The highest BCUT2D eigenvalue weighted by molar-refractivity contribution is 6.06. The molecule has 6 heteroatoms. The Labute approximate surface area is 212 Å². The zero-order chi connectivity index (χ0) is 25.2. The lowest BCUT2D eigenvalue weighted by Crippen LogP contribution is -2.45. The molecule has 0 spiro atoms. The number of allylic oxidation sites excluding steroid dienone is 1. The van der Waals surface area contributed by atoms with Gasteiger partial charge in [0, 0.05) is 31.2 Å². The third-order valence-corrected chi connectivity index (χ3v) is 6.25. The van der Waals surface area contributed by atoms with Crippen LogP contribution in [0.15, 0.2) is 84.9 Å². The van der Waals surface area contributed by atoms with Crippen LogP contribution in [0.25, 0.3) is 6.08 Å². The molecule has 1 aliphatic rings. The Morgan fingerprint density at radius 1 is 0.917 bits per heavy atom. The topological polar surface area (TPSA) is 67.9 Å². The van der Waals surface area contributed by atoms with E-state index in [1.54, 1.807) is 37.5 Å². The second-order valence-electron chi connectivity index (χ2n) is 8.89. The lowest BCUT2D eigenvalue weighted by molar-refractivity contribution is -0.124. The fourth-order valence-electron chi connectivity index (χ4n) is 4.19. The first-order chi connectivity index (χ1) is 17.6. The van der Waals surface area contributed by atoms with Crippen LogP contribution in [0.2, 0.25) is 0 Å². The molecule has 1 amide bonds. The van der Waals surface area contributed by atoms with E-state index >= 15 is 0 Å². The molecular formula is C30H32N2O4. The number of rotatable bonds is 10. The molecule has 0 aliphatic carbocycles. The van der Waals surface area contributed by atoms with E-state index in [9.17, 15) is 9.59 Å². The number of ether oxygens (including phenoxy) is 2. The first-order valence-electron chi connectivity index (χ1n) is 12.2.